The molecule has 5 heteroatoms. The van der Waals surface area contributed by atoms with Gasteiger partial charge >= 0.3 is 0 Å². The minimum Gasteiger partial charge on any atom is -0.390 e. The number of carbonyl (C=O) groups is 1. The second-order valence-electron chi connectivity index (χ2n) is 8.29. The molecule has 1 amide bonds. The summed E-state index contributed by atoms with van der Waals surface area (Å²) in [5.41, 5.74) is 0.877. The van der Waals surface area contributed by atoms with Crippen molar-refractivity contribution in [3.05, 3.63) is 17.5 Å². The van der Waals surface area contributed by atoms with Gasteiger partial charge in [-0.3, -0.25) is 9.48 Å². The molecule has 4 aliphatic rings. The third-order valence-electron chi connectivity index (χ3n) is 6.19. The van der Waals surface area contributed by atoms with Crippen LogP contribution in [0.4, 0.5) is 0 Å². The number of aryl methyl sites for hydroxylation is 1. The fourth-order valence-electron chi connectivity index (χ4n) is 5.78. The van der Waals surface area contributed by atoms with Crippen LogP contribution in [0.25, 0.3) is 0 Å². The third-order valence-corrected chi connectivity index (χ3v) is 6.19. The van der Waals surface area contributed by atoms with E-state index in [9.17, 15) is 9.90 Å². The van der Waals surface area contributed by atoms with Gasteiger partial charge in [-0.2, -0.15) is 5.10 Å². The first-order valence-corrected chi connectivity index (χ1v) is 8.99. The van der Waals surface area contributed by atoms with Crippen LogP contribution in [0.2, 0.25) is 0 Å². The topological polar surface area (TPSA) is 67.2 Å². The van der Waals surface area contributed by atoms with E-state index in [-0.39, 0.29) is 11.4 Å². The zero-order valence-corrected chi connectivity index (χ0v) is 14.1. The van der Waals surface area contributed by atoms with Crippen LogP contribution in [0.5, 0.6) is 0 Å². The molecule has 1 aromatic rings. The largest absolute Gasteiger partial charge is 0.390 e. The number of nitrogens with zero attached hydrogens (tertiary/aromatic N) is 2. The second kappa shape index (κ2) is 5.07. The molecule has 4 saturated carbocycles. The minimum atomic E-state index is -0.543. The van der Waals surface area contributed by atoms with Gasteiger partial charge in [0.1, 0.15) is 0 Å². The number of carbonyl (C=O) groups excluding carboxylic acids is 1. The Morgan fingerprint density at radius 3 is 2.70 bits per heavy atom. The lowest BCUT2D eigenvalue weighted by molar-refractivity contribution is -0.139. The lowest BCUT2D eigenvalue weighted by Gasteiger charge is -2.60. The van der Waals surface area contributed by atoms with Crippen LogP contribution in [-0.2, 0) is 6.54 Å². The molecule has 2 atom stereocenters. The van der Waals surface area contributed by atoms with Gasteiger partial charge in [-0.05, 0) is 63.7 Å². The van der Waals surface area contributed by atoms with E-state index in [1.165, 1.54) is 6.42 Å². The summed E-state index contributed by atoms with van der Waals surface area (Å²) in [4.78, 5) is 12.8. The smallest absolute Gasteiger partial charge is 0.255 e. The highest BCUT2D eigenvalue weighted by atomic mass is 16.3. The van der Waals surface area contributed by atoms with E-state index >= 15 is 0 Å². The number of rotatable bonds is 4. The molecule has 0 aromatic carbocycles. The molecule has 1 heterocycles. The molecule has 1 aromatic heterocycles. The normalized spacial score (nSPS) is 38.0. The summed E-state index contributed by atoms with van der Waals surface area (Å²) in [7, 11) is 0. The van der Waals surface area contributed by atoms with Crippen molar-refractivity contribution in [2.24, 2.45) is 11.8 Å². The highest BCUT2D eigenvalue weighted by Crippen LogP contribution is 2.57. The van der Waals surface area contributed by atoms with Crippen molar-refractivity contribution in [2.45, 2.75) is 76.5 Å². The lowest BCUT2D eigenvalue weighted by atomic mass is 9.51. The molecule has 4 aliphatic carbocycles. The van der Waals surface area contributed by atoms with Gasteiger partial charge in [0.15, 0.2) is 0 Å². The molecule has 0 spiro atoms. The summed E-state index contributed by atoms with van der Waals surface area (Å²) >= 11 is 0. The SMILES string of the molecule is CCCn1ncc(C(=O)NC23C[C@H]4C[C@@H](CC(O)(C4)C2)C3)c1C. The first-order valence-electron chi connectivity index (χ1n) is 8.99. The van der Waals surface area contributed by atoms with Crippen molar-refractivity contribution in [3.63, 3.8) is 0 Å². The van der Waals surface area contributed by atoms with Crippen molar-refractivity contribution in [1.82, 2.24) is 15.1 Å². The fourth-order valence-corrected chi connectivity index (χ4v) is 5.78. The molecule has 126 valence electrons. The van der Waals surface area contributed by atoms with Gasteiger partial charge in [0.25, 0.3) is 5.91 Å². The molecular formula is C18H27N3O2. The van der Waals surface area contributed by atoms with Crippen molar-refractivity contribution in [2.75, 3.05) is 0 Å². The Kier molecular flexibility index (Phi) is 3.34. The molecular weight excluding hydrogens is 290 g/mol. The number of aromatic nitrogens is 2. The standard InChI is InChI=1S/C18H27N3O2/c1-3-4-21-12(2)15(10-19-21)16(22)20-17-6-13-5-14(7-17)9-18(23,8-13)11-17/h10,13-14,23H,3-9,11H2,1-2H3,(H,20,22)/t13-,14-,17?,18?/m1/s1. The van der Waals surface area contributed by atoms with Gasteiger partial charge in [0, 0.05) is 17.8 Å². The van der Waals surface area contributed by atoms with Gasteiger partial charge in [-0.1, -0.05) is 6.92 Å². The van der Waals surface area contributed by atoms with Gasteiger partial charge in [-0.15, -0.1) is 0 Å². The first-order chi connectivity index (χ1) is 10.9. The summed E-state index contributed by atoms with van der Waals surface area (Å²) in [6.07, 6.45) is 8.55. The number of nitrogens with one attached hydrogen (secondary N) is 1. The van der Waals surface area contributed by atoms with Crippen molar-refractivity contribution in [1.29, 1.82) is 0 Å². The average Bonchev–Trinajstić information content (AvgIpc) is 2.77. The quantitative estimate of drug-likeness (QED) is 0.896. The summed E-state index contributed by atoms with van der Waals surface area (Å²) in [5.74, 6) is 1.13. The van der Waals surface area contributed by atoms with Gasteiger partial charge < -0.3 is 10.4 Å². The first kappa shape index (κ1) is 15.2. The Balaban J connectivity index is 1.55. The molecule has 0 saturated heterocycles. The monoisotopic (exact) mass is 317 g/mol. The summed E-state index contributed by atoms with van der Waals surface area (Å²) in [6, 6.07) is 0. The van der Waals surface area contributed by atoms with Crippen LogP contribution >= 0.6 is 0 Å². The Morgan fingerprint density at radius 1 is 1.39 bits per heavy atom. The predicted molar refractivity (Wildman–Crippen MR) is 87.1 cm³/mol. The van der Waals surface area contributed by atoms with Crippen molar-refractivity contribution >= 4 is 5.91 Å². The van der Waals surface area contributed by atoms with Gasteiger partial charge in [0.2, 0.25) is 0 Å². The summed E-state index contributed by atoms with van der Waals surface area (Å²) in [5, 5.41) is 18.5. The van der Waals surface area contributed by atoms with E-state index in [1.54, 1.807) is 6.20 Å². The van der Waals surface area contributed by atoms with Gasteiger partial charge in [0.05, 0.1) is 17.4 Å². The predicted octanol–water partition coefficient (Wildman–Crippen LogP) is 2.42. The maximum atomic E-state index is 12.8. The highest BCUT2D eigenvalue weighted by Gasteiger charge is 2.57. The number of aliphatic hydroxyl groups is 1. The molecule has 4 fully saturated rings. The Labute approximate surface area is 137 Å². The van der Waals surface area contributed by atoms with E-state index in [2.05, 4.69) is 17.3 Å². The van der Waals surface area contributed by atoms with Crippen LogP contribution in [0.1, 0.15) is 67.9 Å². The molecule has 23 heavy (non-hydrogen) atoms. The highest BCUT2D eigenvalue weighted by molar-refractivity contribution is 5.95. The Hall–Kier alpha value is -1.36. The fraction of sp³-hybridized carbons (Fsp3) is 0.778. The molecule has 4 bridgehead atoms. The van der Waals surface area contributed by atoms with E-state index in [4.69, 9.17) is 0 Å². The number of hydrogen-bond donors (Lipinski definition) is 2. The maximum absolute atomic E-state index is 12.8. The average molecular weight is 317 g/mol. The minimum absolute atomic E-state index is 0.0181. The number of hydrogen-bond acceptors (Lipinski definition) is 3. The van der Waals surface area contributed by atoms with E-state index in [0.29, 0.717) is 17.4 Å². The van der Waals surface area contributed by atoms with Crippen LogP contribution in [0, 0.1) is 18.8 Å². The summed E-state index contributed by atoms with van der Waals surface area (Å²) in [6.45, 7) is 4.91. The molecule has 0 unspecified atom stereocenters. The van der Waals surface area contributed by atoms with Crippen LogP contribution < -0.4 is 5.32 Å². The van der Waals surface area contributed by atoms with E-state index in [0.717, 1.165) is 50.8 Å². The second-order valence-corrected chi connectivity index (χ2v) is 8.29. The summed E-state index contributed by atoms with van der Waals surface area (Å²) < 4.78 is 1.90. The Bertz CT molecular complexity index is 622. The van der Waals surface area contributed by atoms with E-state index < -0.39 is 5.60 Å². The van der Waals surface area contributed by atoms with Crippen LogP contribution in [0.3, 0.4) is 0 Å². The lowest BCUT2D eigenvalue weighted by Crippen LogP contribution is -2.65. The number of amides is 1. The maximum Gasteiger partial charge on any atom is 0.255 e. The van der Waals surface area contributed by atoms with Crippen LogP contribution in [0.15, 0.2) is 6.20 Å². The molecule has 5 nitrogen and oxygen atoms in total. The van der Waals surface area contributed by atoms with Gasteiger partial charge in [-0.25, -0.2) is 0 Å². The van der Waals surface area contributed by atoms with Crippen molar-refractivity contribution in [3.8, 4) is 0 Å². The molecule has 0 aliphatic heterocycles. The molecule has 2 N–H and O–H groups in total. The third kappa shape index (κ3) is 2.49. The van der Waals surface area contributed by atoms with Crippen LogP contribution in [-0.4, -0.2) is 31.9 Å². The zero-order valence-electron chi connectivity index (χ0n) is 14.1. The van der Waals surface area contributed by atoms with E-state index in [1.807, 2.05) is 11.6 Å². The molecule has 0 radical (unpaired) electrons. The van der Waals surface area contributed by atoms with Crippen molar-refractivity contribution < 1.29 is 9.90 Å². The molecule has 5 rings (SSSR count). The Morgan fingerprint density at radius 2 is 2.09 bits per heavy atom. The zero-order chi connectivity index (χ0) is 16.2.